The Kier molecular flexibility index (Phi) is 3.19. The lowest BCUT2D eigenvalue weighted by molar-refractivity contribution is -0.145. The molecule has 1 atom stereocenters. The third-order valence-electron chi connectivity index (χ3n) is 2.32. The van der Waals surface area contributed by atoms with Crippen LogP contribution in [0.2, 0.25) is 5.02 Å². The number of carbonyl (C=O) groups is 2. The normalized spacial score (nSPS) is 18.9. The van der Waals surface area contributed by atoms with E-state index in [1.165, 1.54) is 18.2 Å². The van der Waals surface area contributed by atoms with Crippen LogP contribution >= 0.6 is 11.6 Å². The average molecular weight is 257 g/mol. The smallest absolute Gasteiger partial charge is 0.347 e. The van der Waals surface area contributed by atoms with Gasteiger partial charge in [0.1, 0.15) is 11.3 Å². The van der Waals surface area contributed by atoms with Gasteiger partial charge in [-0.3, -0.25) is 0 Å². The number of phenolic OH excluding ortho intramolecular Hbond substituents is 1. The summed E-state index contributed by atoms with van der Waals surface area (Å²) in [6, 6.07) is 4.00. The Labute approximate surface area is 102 Å². The standard InChI is InChI=1S/C11H9ClO5/c12-6-1-2-8(13)7(5-6)10(14)17-9-3-4-16-11(9)15/h1-2,5,9,13H,3-4H2/t9-/m0/s1. The molecule has 6 heteroatoms. The summed E-state index contributed by atoms with van der Waals surface area (Å²) in [7, 11) is 0. The van der Waals surface area contributed by atoms with E-state index in [-0.39, 0.29) is 17.9 Å². The van der Waals surface area contributed by atoms with E-state index >= 15 is 0 Å². The third kappa shape index (κ3) is 2.50. The zero-order valence-corrected chi connectivity index (χ0v) is 9.44. The van der Waals surface area contributed by atoms with Crippen molar-refractivity contribution in [3.05, 3.63) is 28.8 Å². The largest absolute Gasteiger partial charge is 0.507 e. The first-order valence-corrected chi connectivity index (χ1v) is 5.32. The molecule has 0 amide bonds. The van der Waals surface area contributed by atoms with Crippen molar-refractivity contribution >= 4 is 23.5 Å². The maximum atomic E-state index is 11.7. The number of hydrogen-bond donors (Lipinski definition) is 1. The van der Waals surface area contributed by atoms with Gasteiger partial charge in [0.05, 0.1) is 6.61 Å². The first-order chi connectivity index (χ1) is 8.08. The third-order valence-corrected chi connectivity index (χ3v) is 2.55. The fourth-order valence-corrected chi connectivity index (χ4v) is 1.62. The van der Waals surface area contributed by atoms with Gasteiger partial charge in [-0.1, -0.05) is 11.6 Å². The van der Waals surface area contributed by atoms with Crippen molar-refractivity contribution in [2.45, 2.75) is 12.5 Å². The molecule has 0 aromatic heterocycles. The van der Waals surface area contributed by atoms with Gasteiger partial charge < -0.3 is 14.6 Å². The maximum absolute atomic E-state index is 11.7. The van der Waals surface area contributed by atoms with Gasteiger partial charge in [-0.2, -0.15) is 0 Å². The summed E-state index contributed by atoms with van der Waals surface area (Å²) < 4.78 is 9.56. The number of phenols is 1. The van der Waals surface area contributed by atoms with Crippen LogP contribution in [0.15, 0.2) is 18.2 Å². The molecule has 0 bridgehead atoms. The molecule has 1 aromatic carbocycles. The molecule has 0 spiro atoms. The van der Waals surface area contributed by atoms with Crippen LogP contribution in [0.5, 0.6) is 5.75 Å². The Balaban J connectivity index is 2.14. The number of esters is 2. The first-order valence-electron chi connectivity index (χ1n) is 4.94. The van der Waals surface area contributed by atoms with E-state index in [0.29, 0.717) is 11.4 Å². The molecule has 0 saturated carbocycles. The Hall–Kier alpha value is -1.75. The second-order valence-electron chi connectivity index (χ2n) is 3.51. The molecule has 2 rings (SSSR count). The van der Waals surface area contributed by atoms with Crippen molar-refractivity contribution in [2.24, 2.45) is 0 Å². The predicted molar refractivity (Wildman–Crippen MR) is 57.9 cm³/mol. The van der Waals surface area contributed by atoms with Gasteiger partial charge in [0, 0.05) is 11.4 Å². The van der Waals surface area contributed by atoms with Crippen molar-refractivity contribution in [3.8, 4) is 5.75 Å². The second-order valence-corrected chi connectivity index (χ2v) is 3.95. The molecule has 1 aromatic rings. The molecule has 1 saturated heterocycles. The quantitative estimate of drug-likeness (QED) is 0.812. The molecule has 90 valence electrons. The van der Waals surface area contributed by atoms with E-state index in [0.717, 1.165) is 0 Å². The van der Waals surface area contributed by atoms with E-state index in [1.54, 1.807) is 0 Å². The minimum Gasteiger partial charge on any atom is -0.507 e. The van der Waals surface area contributed by atoms with Gasteiger partial charge >= 0.3 is 11.9 Å². The Morgan fingerprint density at radius 1 is 1.53 bits per heavy atom. The molecule has 1 N–H and O–H groups in total. The Morgan fingerprint density at radius 2 is 2.29 bits per heavy atom. The summed E-state index contributed by atoms with van der Waals surface area (Å²) in [6.45, 7) is 0.234. The highest BCUT2D eigenvalue weighted by Crippen LogP contribution is 2.23. The summed E-state index contributed by atoms with van der Waals surface area (Å²) >= 11 is 5.70. The van der Waals surface area contributed by atoms with Crippen LogP contribution in [0.1, 0.15) is 16.8 Å². The van der Waals surface area contributed by atoms with Gasteiger partial charge in [-0.25, -0.2) is 9.59 Å². The number of halogens is 1. The highest BCUT2D eigenvalue weighted by Gasteiger charge is 2.31. The lowest BCUT2D eigenvalue weighted by Crippen LogP contribution is -2.22. The van der Waals surface area contributed by atoms with E-state index in [9.17, 15) is 14.7 Å². The molecule has 1 aliphatic rings. The minimum atomic E-state index is -0.902. The van der Waals surface area contributed by atoms with Crippen LogP contribution in [0, 0.1) is 0 Å². The fraction of sp³-hybridized carbons (Fsp3) is 0.273. The van der Waals surface area contributed by atoms with E-state index < -0.39 is 18.0 Å². The lowest BCUT2D eigenvalue weighted by atomic mass is 10.2. The van der Waals surface area contributed by atoms with Gasteiger partial charge in [0.2, 0.25) is 6.10 Å². The van der Waals surface area contributed by atoms with Crippen molar-refractivity contribution in [2.75, 3.05) is 6.61 Å². The van der Waals surface area contributed by atoms with Gasteiger partial charge in [-0.15, -0.1) is 0 Å². The lowest BCUT2D eigenvalue weighted by Gasteiger charge is -2.09. The minimum absolute atomic E-state index is 0.0720. The van der Waals surface area contributed by atoms with Gasteiger partial charge in [0.15, 0.2) is 0 Å². The zero-order valence-electron chi connectivity index (χ0n) is 8.68. The number of aromatic hydroxyl groups is 1. The monoisotopic (exact) mass is 256 g/mol. The Morgan fingerprint density at radius 3 is 2.94 bits per heavy atom. The number of cyclic esters (lactones) is 1. The van der Waals surface area contributed by atoms with Crippen molar-refractivity contribution in [1.82, 2.24) is 0 Å². The molecule has 0 radical (unpaired) electrons. The number of benzene rings is 1. The number of carbonyl (C=O) groups excluding carboxylic acids is 2. The number of hydrogen-bond acceptors (Lipinski definition) is 5. The van der Waals surface area contributed by atoms with Crippen LogP contribution in [-0.2, 0) is 14.3 Å². The molecule has 1 aliphatic heterocycles. The van der Waals surface area contributed by atoms with E-state index in [2.05, 4.69) is 4.74 Å². The summed E-state index contributed by atoms with van der Waals surface area (Å²) in [5.74, 6) is -1.61. The van der Waals surface area contributed by atoms with Gasteiger partial charge in [0.25, 0.3) is 0 Å². The molecule has 17 heavy (non-hydrogen) atoms. The molecule has 1 heterocycles. The molecule has 0 unspecified atom stereocenters. The first kappa shape index (κ1) is 11.7. The van der Waals surface area contributed by atoms with Crippen molar-refractivity contribution in [3.63, 3.8) is 0 Å². The molecular formula is C11H9ClO5. The van der Waals surface area contributed by atoms with Crippen LogP contribution in [0.25, 0.3) is 0 Å². The zero-order chi connectivity index (χ0) is 12.4. The molecular weight excluding hydrogens is 248 g/mol. The second kappa shape index (κ2) is 4.63. The number of ether oxygens (including phenoxy) is 2. The summed E-state index contributed by atoms with van der Waals surface area (Å²) in [5.41, 5.74) is -0.0720. The highest BCUT2D eigenvalue weighted by atomic mass is 35.5. The van der Waals surface area contributed by atoms with Crippen molar-refractivity contribution < 1.29 is 24.2 Å². The molecule has 0 aliphatic carbocycles. The Bertz CT molecular complexity index is 471. The van der Waals surface area contributed by atoms with Gasteiger partial charge in [-0.05, 0) is 18.2 Å². The van der Waals surface area contributed by atoms with Crippen LogP contribution in [0.3, 0.4) is 0 Å². The number of rotatable bonds is 2. The molecule has 5 nitrogen and oxygen atoms in total. The summed E-state index contributed by atoms with van der Waals surface area (Å²) in [4.78, 5) is 22.8. The predicted octanol–water partition coefficient (Wildman–Crippen LogP) is 1.52. The highest BCUT2D eigenvalue weighted by molar-refractivity contribution is 6.31. The fourth-order valence-electron chi connectivity index (χ4n) is 1.45. The van der Waals surface area contributed by atoms with Crippen molar-refractivity contribution in [1.29, 1.82) is 0 Å². The van der Waals surface area contributed by atoms with Crippen LogP contribution < -0.4 is 0 Å². The summed E-state index contributed by atoms with van der Waals surface area (Å²) in [5, 5.41) is 9.76. The average Bonchev–Trinajstić information content (AvgIpc) is 2.68. The summed E-state index contributed by atoms with van der Waals surface area (Å²) in [6.07, 6.45) is -0.577. The maximum Gasteiger partial charge on any atom is 0.347 e. The van der Waals surface area contributed by atoms with E-state index in [1.807, 2.05) is 0 Å². The SMILES string of the molecule is O=C(O[C@H]1CCOC1=O)c1cc(Cl)ccc1O. The van der Waals surface area contributed by atoms with E-state index in [4.69, 9.17) is 16.3 Å². The molecule has 1 fully saturated rings. The topological polar surface area (TPSA) is 72.8 Å². The van der Waals surface area contributed by atoms with Crippen LogP contribution in [0.4, 0.5) is 0 Å². The van der Waals surface area contributed by atoms with Crippen LogP contribution in [-0.4, -0.2) is 29.8 Å².